The maximum atomic E-state index is 5.78. The quantitative estimate of drug-likeness (QED) is 0.700. The van der Waals surface area contributed by atoms with Gasteiger partial charge in [0.25, 0.3) is 5.89 Å². The maximum Gasteiger partial charge on any atom is 0.258 e. The molecule has 0 aliphatic rings. The predicted octanol–water partition coefficient (Wildman–Crippen LogP) is 2.58. The Bertz CT molecular complexity index is 703. The number of hydrogen-bond donors (Lipinski definition) is 2. The van der Waals surface area contributed by atoms with E-state index in [0.29, 0.717) is 28.7 Å². The van der Waals surface area contributed by atoms with Crippen molar-refractivity contribution in [3.05, 3.63) is 41.7 Å². The molecule has 6 nitrogen and oxygen atoms in total. The first-order valence-electron chi connectivity index (χ1n) is 6.47. The molecule has 0 saturated heterocycles. The highest BCUT2D eigenvalue weighted by atomic mass is 16.5. The van der Waals surface area contributed by atoms with E-state index in [0.717, 1.165) is 17.0 Å². The van der Waals surface area contributed by atoms with E-state index >= 15 is 0 Å². The smallest absolute Gasteiger partial charge is 0.258 e. The zero-order valence-electron chi connectivity index (χ0n) is 11.8. The highest BCUT2D eigenvalue weighted by molar-refractivity contribution is 5.68. The number of anilines is 2. The number of rotatable bonds is 2. The first-order valence-corrected chi connectivity index (χ1v) is 6.47. The molecule has 4 N–H and O–H groups in total. The van der Waals surface area contributed by atoms with Crippen molar-refractivity contribution in [2.45, 2.75) is 13.8 Å². The van der Waals surface area contributed by atoms with Gasteiger partial charge in [-0.05, 0) is 44.2 Å². The van der Waals surface area contributed by atoms with Gasteiger partial charge in [-0.15, -0.1) is 0 Å². The minimum absolute atomic E-state index is 0.385. The Kier molecular flexibility index (Phi) is 3.06. The zero-order valence-corrected chi connectivity index (χ0v) is 11.8. The third-order valence-corrected chi connectivity index (χ3v) is 2.99. The van der Waals surface area contributed by atoms with Crippen molar-refractivity contribution in [3.63, 3.8) is 0 Å². The topological polar surface area (TPSA) is 104 Å². The van der Waals surface area contributed by atoms with E-state index in [1.54, 1.807) is 18.2 Å². The van der Waals surface area contributed by atoms with Crippen molar-refractivity contribution in [2.24, 2.45) is 0 Å². The average molecular weight is 281 g/mol. The summed E-state index contributed by atoms with van der Waals surface area (Å²) >= 11 is 0. The van der Waals surface area contributed by atoms with Gasteiger partial charge in [-0.2, -0.15) is 4.98 Å². The van der Waals surface area contributed by atoms with Crippen molar-refractivity contribution in [1.29, 1.82) is 0 Å². The van der Waals surface area contributed by atoms with E-state index in [-0.39, 0.29) is 0 Å². The van der Waals surface area contributed by atoms with Crippen molar-refractivity contribution < 1.29 is 4.52 Å². The van der Waals surface area contributed by atoms with Gasteiger partial charge in [-0.3, -0.25) is 4.98 Å². The largest absolute Gasteiger partial charge is 0.399 e. The van der Waals surface area contributed by atoms with Gasteiger partial charge in [-0.25, -0.2) is 0 Å². The molecule has 106 valence electrons. The second kappa shape index (κ2) is 4.90. The van der Waals surface area contributed by atoms with Crippen LogP contribution in [0.3, 0.4) is 0 Å². The molecule has 0 atom stereocenters. The summed E-state index contributed by atoms with van der Waals surface area (Å²) in [7, 11) is 0. The molecular weight excluding hydrogens is 266 g/mol. The number of pyridine rings is 1. The average Bonchev–Trinajstić information content (AvgIpc) is 2.85. The van der Waals surface area contributed by atoms with Gasteiger partial charge >= 0.3 is 0 Å². The predicted molar refractivity (Wildman–Crippen MR) is 81.3 cm³/mol. The minimum Gasteiger partial charge on any atom is -0.399 e. The summed E-state index contributed by atoms with van der Waals surface area (Å²) in [6.07, 6.45) is 0. The van der Waals surface area contributed by atoms with Crippen molar-refractivity contribution in [1.82, 2.24) is 15.1 Å². The fourth-order valence-electron chi connectivity index (χ4n) is 2.22. The minimum atomic E-state index is 0.385. The molecule has 0 bridgehead atoms. The number of nitrogens with two attached hydrogens (primary N) is 2. The normalized spacial score (nSPS) is 10.8. The molecule has 0 aliphatic carbocycles. The molecule has 0 fully saturated rings. The second-order valence-electron chi connectivity index (χ2n) is 4.95. The molecular formula is C15H15N5O. The van der Waals surface area contributed by atoms with Crippen LogP contribution >= 0.6 is 0 Å². The van der Waals surface area contributed by atoms with Crippen LogP contribution in [0.4, 0.5) is 11.4 Å². The Balaban J connectivity index is 2.03. The summed E-state index contributed by atoms with van der Waals surface area (Å²) in [5.74, 6) is 0.899. The lowest BCUT2D eigenvalue weighted by Gasteiger charge is -2.00. The summed E-state index contributed by atoms with van der Waals surface area (Å²) in [6, 6.07) is 8.99. The van der Waals surface area contributed by atoms with Crippen LogP contribution in [-0.2, 0) is 0 Å². The highest BCUT2D eigenvalue weighted by Crippen LogP contribution is 2.26. The molecule has 3 rings (SSSR count). The van der Waals surface area contributed by atoms with Crippen LogP contribution in [0.1, 0.15) is 11.4 Å². The molecule has 0 amide bonds. The highest BCUT2D eigenvalue weighted by Gasteiger charge is 2.12. The summed E-state index contributed by atoms with van der Waals surface area (Å²) in [5.41, 5.74) is 16.0. The number of aromatic nitrogens is 3. The molecule has 1 aromatic carbocycles. The monoisotopic (exact) mass is 281 g/mol. The molecule has 0 aliphatic heterocycles. The molecule has 0 saturated carbocycles. The van der Waals surface area contributed by atoms with E-state index in [1.165, 1.54) is 0 Å². The number of benzene rings is 1. The van der Waals surface area contributed by atoms with Crippen molar-refractivity contribution in [3.8, 4) is 22.8 Å². The van der Waals surface area contributed by atoms with Gasteiger partial charge in [0.05, 0.1) is 0 Å². The van der Waals surface area contributed by atoms with E-state index in [4.69, 9.17) is 16.0 Å². The van der Waals surface area contributed by atoms with Crippen molar-refractivity contribution >= 4 is 11.4 Å². The molecule has 3 aromatic rings. The Morgan fingerprint density at radius 2 is 1.43 bits per heavy atom. The lowest BCUT2D eigenvalue weighted by atomic mass is 10.1. The van der Waals surface area contributed by atoms with Gasteiger partial charge in [0.1, 0.15) is 0 Å². The number of nitrogen functional groups attached to an aromatic ring is 2. The Morgan fingerprint density at radius 3 is 2.05 bits per heavy atom. The molecule has 21 heavy (non-hydrogen) atoms. The maximum absolute atomic E-state index is 5.78. The van der Waals surface area contributed by atoms with Gasteiger partial charge in [0.15, 0.2) is 0 Å². The standard InChI is InChI=1S/C15H15N5O/c1-8-3-10(4-9(2)18-8)14-19-15(21-20-14)11-5-12(16)7-13(17)6-11/h3-7H,16-17H2,1-2H3. The fourth-order valence-corrected chi connectivity index (χ4v) is 2.22. The lowest BCUT2D eigenvalue weighted by molar-refractivity contribution is 0.432. The fraction of sp³-hybridized carbons (Fsp3) is 0.133. The van der Waals surface area contributed by atoms with Gasteiger partial charge in [-0.1, -0.05) is 5.16 Å². The first kappa shape index (κ1) is 13.1. The Hall–Kier alpha value is -2.89. The van der Waals surface area contributed by atoms with E-state index in [1.807, 2.05) is 26.0 Å². The number of aryl methyl sites for hydroxylation is 2. The van der Waals surface area contributed by atoms with Gasteiger partial charge < -0.3 is 16.0 Å². The van der Waals surface area contributed by atoms with Crippen LogP contribution in [0.2, 0.25) is 0 Å². The summed E-state index contributed by atoms with van der Waals surface area (Å²) in [6.45, 7) is 3.85. The molecule has 2 aromatic heterocycles. The van der Waals surface area contributed by atoms with E-state index < -0.39 is 0 Å². The summed E-state index contributed by atoms with van der Waals surface area (Å²) < 4.78 is 5.30. The van der Waals surface area contributed by atoms with Crippen LogP contribution < -0.4 is 11.5 Å². The van der Waals surface area contributed by atoms with Crippen molar-refractivity contribution in [2.75, 3.05) is 11.5 Å². The van der Waals surface area contributed by atoms with Crippen LogP contribution in [0.15, 0.2) is 34.9 Å². The van der Waals surface area contributed by atoms with Gasteiger partial charge in [0, 0.05) is 33.9 Å². The Labute approximate surface area is 121 Å². The second-order valence-corrected chi connectivity index (χ2v) is 4.95. The lowest BCUT2D eigenvalue weighted by Crippen LogP contribution is -1.92. The van der Waals surface area contributed by atoms with Crippen LogP contribution in [-0.4, -0.2) is 15.1 Å². The third kappa shape index (κ3) is 2.69. The number of nitrogens with zero attached hydrogens (tertiary/aromatic N) is 3. The molecule has 0 spiro atoms. The van der Waals surface area contributed by atoms with Crippen LogP contribution in [0, 0.1) is 13.8 Å². The molecule has 2 heterocycles. The van der Waals surface area contributed by atoms with E-state index in [2.05, 4.69) is 15.1 Å². The zero-order chi connectivity index (χ0) is 15.0. The third-order valence-electron chi connectivity index (χ3n) is 2.99. The van der Waals surface area contributed by atoms with Crippen LogP contribution in [0.5, 0.6) is 0 Å². The van der Waals surface area contributed by atoms with E-state index in [9.17, 15) is 0 Å². The molecule has 0 radical (unpaired) electrons. The number of hydrogen-bond acceptors (Lipinski definition) is 6. The first-order chi connectivity index (χ1) is 10.0. The molecule has 6 heteroatoms. The molecule has 0 unspecified atom stereocenters. The Morgan fingerprint density at radius 1 is 0.810 bits per heavy atom. The summed E-state index contributed by atoms with van der Waals surface area (Å²) in [4.78, 5) is 8.73. The van der Waals surface area contributed by atoms with Crippen LogP contribution in [0.25, 0.3) is 22.8 Å². The summed E-state index contributed by atoms with van der Waals surface area (Å²) in [5, 5.41) is 4.01. The van der Waals surface area contributed by atoms with Gasteiger partial charge in [0.2, 0.25) is 5.82 Å². The SMILES string of the molecule is Cc1cc(-c2noc(-c3cc(N)cc(N)c3)n2)cc(C)n1.